The summed E-state index contributed by atoms with van der Waals surface area (Å²) >= 11 is 0. The summed E-state index contributed by atoms with van der Waals surface area (Å²) in [5.74, 6) is -4.56. The molecule has 0 aliphatic carbocycles. The van der Waals surface area contributed by atoms with Crippen LogP contribution in [0.3, 0.4) is 0 Å². The second kappa shape index (κ2) is 54.9. The van der Waals surface area contributed by atoms with Crippen molar-refractivity contribution in [1.82, 2.24) is 0 Å². The molecule has 4 fully saturated rings. The number of amides is 1. The van der Waals surface area contributed by atoms with Crippen molar-refractivity contribution in [2.24, 2.45) is 52.9 Å². The number of primary amides is 1. The van der Waals surface area contributed by atoms with Crippen LogP contribution in [0.25, 0.3) is 0 Å². The maximum atomic E-state index is 12.6. The Hall–Kier alpha value is -2.81. The number of hydrogen-bond acceptors (Lipinski definition) is 25. The zero-order valence-electron chi connectivity index (χ0n) is 47.5. The number of hydrogen-bond donors (Lipinski definition) is 15. The summed E-state index contributed by atoms with van der Waals surface area (Å²) in [6, 6.07) is -0.729. The molecule has 4 aliphatic rings. The van der Waals surface area contributed by atoms with Crippen molar-refractivity contribution in [3.8, 4) is 0 Å². The summed E-state index contributed by atoms with van der Waals surface area (Å²) < 4.78 is 41.7. The van der Waals surface area contributed by atoms with Gasteiger partial charge in [-0.3, -0.25) is 4.79 Å². The van der Waals surface area contributed by atoms with Crippen LogP contribution in [0.1, 0.15) is 176 Å². The number of carboxylic acid groups (broad SMARTS) is 1. The summed E-state index contributed by atoms with van der Waals surface area (Å²) in [5, 5.41) is 132. The lowest BCUT2D eigenvalue weighted by Crippen LogP contribution is -2.63. The van der Waals surface area contributed by atoms with E-state index in [1.165, 1.54) is 6.92 Å². The van der Waals surface area contributed by atoms with Gasteiger partial charge in [-0.2, -0.15) is 9.59 Å². The number of aliphatic hydroxyl groups excluding tert-OH is 12. The molecule has 17 N–H and O–H groups in total. The summed E-state index contributed by atoms with van der Waals surface area (Å²) in [5.41, 5.74) is 9.70. The molecule has 0 aromatic carbocycles. The number of ether oxygens (including phenoxy) is 7. The van der Waals surface area contributed by atoms with Gasteiger partial charge in [0.15, 0.2) is 12.6 Å². The number of carbonyl (C=O) groups excluding carboxylic acids is 4. The first-order chi connectivity index (χ1) is 36.2. The number of carboxylic acids is 1. The summed E-state index contributed by atoms with van der Waals surface area (Å²) in [6.07, 6.45) is -22.7. The monoisotopic (exact) mass is 1280 g/mol. The van der Waals surface area contributed by atoms with Crippen molar-refractivity contribution in [1.29, 1.82) is 0 Å². The van der Waals surface area contributed by atoms with Gasteiger partial charge < -0.3 is 116 Å². The minimum Gasteiger partial charge on any atom is -0.477 e. The molecule has 0 aromatic rings. The minimum absolute atomic E-state index is 0. The highest BCUT2D eigenvalue weighted by atomic mass is 16.7. The van der Waals surface area contributed by atoms with Crippen LogP contribution < -0.4 is 11.5 Å². The van der Waals surface area contributed by atoms with E-state index in [0.29, 0.717) is 6.29 Å². The number of rotatable bonds is 20. The van der Waals surface area contributed by atoms with Gasteiger partial charge in [-0.05, 0) is 23.7 Å². The average Bonchev–Trinajstić information content (AvgIpc) is 3.37. The van der Waals surface area contributed by atoms with E-state index in [0.717, 1.165) is 24.9 Å². The van der Waals surface area contributed by atoms with Crippen molar-refractivity contribution in [2.75, 3.05) is 33.5 Å². The van der Waals surface area contributed by atoms with Gasteiger partial charge >= 0.3 is 12.1 Å². The molecular formula is C60H134N2O25. The number of nitrogens with two attached hydrogens (primary N) is 2. The fourth-order valence-corrected chi connectivity index (χ4v) is 8.18. The van der Waals surface area contributed by atoms with Gasteiger partial charge in [0, 0.05) is 50.5 Å². The summed E-state index contributed by atoms with van der Waals surface area (Å²) in [7, 11) is 1.00. The molecular weight excluding hydrogens is 1150 g/mol. The Labute approximate surface area is 524 Å². The largest absolute Gasteiger partial charge is 0.477 e. The van der Waals surface area contributed by atoms with Crippen LogP contribution in [-0.2, 0) is 57.1 Å². The summed E-state index contributed by atoms with van der Waals surface area (Å²) in [4.78, 5) is 48.5. The Kier molecular flexibility index (Phi) is 68.6. The predicted octanol–water partition coefficient (Wildman–Crippen LogP) is 2.87. The Morgan fingerprint density at radius 1 is 0.667 bits per heavy atom. The predicted molar refractivity (Wildman–Crippen MR) is 334 cm³/mol. The molecule has 4 rings (SSSR count). The Morgan fingerprint density at radius 3 is 1.47 bits per heavy atom. The average molecular weight is 1280 g/mol. The van der Waals surface area contributed by atoms with E-state index in [1.807, 2.05) is 13.8 Å². The van der Waals surface area contributed by atoms with Crippen LogP contribution in [0.2, 0.25) is 0 Å². The fourth-order valence-electron chi connectivity index (χ4n) is 8.18. The third kappa shape index (κ3) is 36.1. The molecule has 4 saturated heterocycles. The van der Waals surface area contributed by atoms with Gasteiger partial charge in [-0.1, -0.05) is 150 Å². The number of aliphatic carboxylic acids is 1. The van der Waals surface area contributed by atoms with Crippen molar-refractivity contribution in [2.45, 2.75) is 292 Å². The molecule has 0 radical (unpaired) electrons. The Bertz CT molecular complexity index is 1660. The standard InChI is InChI=1S/C35H62O20.C6H14.C4H8N2O2.C4H10.CO2.CH4O.9CH4/c1-13(2)29-16(5)31(27(45)23(52-29)12-49-35(34(47)48)8-19(40)15(4)32(55-35)26(44)21(42)11-38)54-33-28(46)22(6-17(9-36)50-33)51-24-7-18(39)14(3)30(53-24)25(43)20(41)10-37;1-5(2)6(3)4;5-3(2-7)1-4(6)8;1-4(2)3;2-1-3;1-2;;;;;;;;;/h13-33,36-46H,6-12H2,1-5H3,(H,47,48);5-6H,1-4H3;2-3H,1,5H2,(H2,6,8);4H,1-3H3;;2H,1H3;9*1H4/t14-,15-,16-,17?,18-,19-,20-,21-,22?,23?,24+,25-,26-,27+,28+,29-,30?,31?,32?,33+,35-;;3-;;;;;;;;;;;;/m1.0............/s1. The van der Waals surface area contributed by atoms with Crippen LogP contribution in [-0.4, -0.2) is 240 Å². The quantitative estimate of drug-likeness (QED) is 0.0779. The molecule has 4 heterocycles. The molecule has 0 saturated carbocycles. The van der Waals surface area contributed by atoms with E-state index in [4.69, 9.17) is 59.3 Å². The third-order valence-electron chi connectivity index (χ3n) is 13.4. The van der Waals surface area contributed by atoms with Gasteiger partial charge in [-0.25, -0.2) is 4.79 Å². The molecule has 0 spiro atoms. The van der Waals surface area contributed by atoms with E-state index >= 15 is 0 Å². The second-order valence-electron chi connectivity index (χ2n) is 21.6. The molecule has 0 aromatic heterocycles. The van der Waals surface area contributed by atoms with Crippen LogP contribution in [0.4, 0.5) is 0 Å². The first kappa shape index (κ1) is 109. The molecule has 1 amide bonds. The molecule has 534 valence electrons. The van der Waals surface area contributed by atoms with Crippen molar-refractivity contribution in [3.05, 3.63) is 0 Å². The SMILES string of the molecule is C.C.C.C.C.C.C.C.C.CC(C)C.CC(C)C(C)C.CC(C)[C@H]1OC(CO[C@]2(C(=O)O)C[C@@H](O)[C@@H](C)C([C@H](O)[C@H](O)CO)O2)[C@H](O)C(O[C@@H]2OC(CO)CC(O[C@@H]3C[C@@H](O)[C@@H](C)C([C@H](O)[C@H](O)CO)O3)[C@@H]2O)[C@@H]1C.CO.NC(=O)C[C@H](N)C=O.O=C=O. The van der Waals surface area contributed by atoms with Crippen LogP contribution >= 0.6 is 0 Å². The first-order valence-corrected chi connectivity index (χ1v) is 26.3. The maximum Gasteiger partial charge on any atom is 0.373 e. The van der Waals surface area contributed by atoms with E-state index < -0.39 is 178 Å². The summed E-state index contributed by atoms with van der Waals surface area (Å²) in [6.45, 7) is 21.2. The molecule has 6 unspecified atom stereocenters. The van der Waals surface area contributed by atoms with Crippen LogP contribution in [0, 0.1) is 41.4 Å². The number of carbonyl (C=O) groups is 3. The topological polar surface area (TPSA) is 465 Å². The van der Waals surface area contributed by atoms with Crippen molar-refractivity contribution < 1.29 is 124 Å². The van der Waals surface area contributed by atoms with Gasteiger partial charge in [0.25, 0.3) is 5.79 Å². The van der Waals surface area contributed by atoms with E-state index in [9.17, 15) is 75.7 Å². The van der Waals surface area contributed by atoms with Crippen LogP contribution in [0.5, 0.6) is 0 Å². The first-order valence-electron chi connectivity index (χ1n) is 26.3. The molecule has 0 bridgehead atoms. The van der Waals surface area contributed by atoms with Crippen LogP contribution in [0.15, 0.2) is 0 Å². The second-order valence-corrected chi connectivity index (χ2v) is 21.6. The van der Waals surface area contributed by atoms with E-state index in [1.54, 1.807) is 13.8 Å². The number of aliphatic hydroxyl groups is 12. The highest BCUT2D eigenvalue weighted by molar-refractivity contribution is 5.78. The minimum atomic E-state index is -2.57. The van der Waals surface area contributed by atoms with E-state index in [2.05, 4.69) is 48.5 Å². The zero-order chi connectivity index (χ0) is 61.1. The van der Waals surface area contributed by atoms with Gasteiger partial charge in [-0.15, -0.1) is 0 Å². The normalized spacial score (nSPS) is 31.1. The van der Waals surface area contributed by atoms with Gasteiger partial charge in [0.05, 0.1) is 81.3 Å². The Balaban J connectivity index is -0.000000172. The highest BCUT2D eigenvalue weighted by Gasteiger charge is 2.56. The lowest BCUT2D eigenvalue weighted by Gasteiger charge is -2.49. The maximum absolute atomic E-state index is 12.6. The zero-order valence-corrected chi connectivity index (χ0v) is 47.5. The Morgan fingerprint density at radius 2 is 1.10 bits per heavy atom. The smallest absolute Gasteiger partial charge is 0.373 e. The van der Waals surface area contributed by atoms with Crippen molar-refractivity contribution in [3.63, 3.8) is 0 Å². The third-order valence-corrected chi connectivity index (χ3v) is 13.4. The molecule has 4 aliphatic heterocycles. The number of aldehydes is 1. The fraction of sp³-hybridized carbons (Fsp3) is 0.933. The molecule has 27 heteroatoms. The van der Waals surface area contributed by atoms with Gasteiger partial charge in [0.2, 0.25) is 5.91 Å². The lowest BCUT2D eigenvalue weighted by molar-refractivity contribution is -0.350. The van der Waals surface area contributed by atoms with Crippen molar-refractivity contribution >= 4 is 24.3 Å². The molecule has 87 heavy (non-hydrogen) atoms. The van der Waals surface area contributed by atoms with Gasteiger partial charge in [0.1, 0.15) is 49.0 Å². The lowest BCUT2D eigenvalue weighted by atomic mass is 9.83. The highest BCUT2D eigenvalue weighted by Crippen LogP contribution is 2.40. The van der Waals surface area contributed by atoms with E-state index in [-0.39, 0.29) is 98.2 Å². The molecule has 22 atom stereocenters. The molecule has 27 nitrogen and oxygen atoms in total.